The van der Waals surface area contributed by atoms with Gasteiger partial charge in [-0.2, -0.15) is 0 Å². The summed E-state index contributed by atoms with van der Waals surface area (Å²) in [7, 11) is 0. The third-order valence-electron chi connectivity index (χ3n) is 6.25. The van der Waals surface area contributed by atoms with Crippen LogP contribution in [-0.2, 0) is 4.79 Å². The summed E-state index contributed by atoms with van der Waals surface area (Å²) in [5.41, 5.74) is 5.75. The maximum absolute atomic E-state index is 11.7. The van der Waals surface area contributed by atoms with Crippen molar-refractivity contribution in [1.29, 1.82) is 0 Å². The van der Waals surface area contributed by atoms with Gasteiger partial charge in [-0.3, -0.25) is 4.79 Å². The molecule has 4 aliphatic rings. The van der Waals surface area contributed by atoms with Crippen molar-refractivity contribution in [3.8, 4) is 0 Å². The highest BCUT2D eigenvalue weighted by atomic mass is 16.4. The Morgan fingerprint density at radius 1 is 1.24 bits per heavy atom. The van der Waals surface area contributed by atoms with Crippen LogP contribution < -0.4 is 5.73 Å². The summed E-state index contributed by atoms with van der Waals surface area (Å²) in [6.07, 6.45) is 4.98. The highest BCUT2D eigenvalue weighted by molar-refractivity contribution is 5.77. The molecule has 17 heavy (non-hydrogen) atoms. The molecule has 96 valence electrons. The lowest BCUT2D eigenvalue weighted by Crippen LogP contribution is -2.63. The van der Waals surface area contributed by atoms with Gasteiger partial charge in [0.2, 0.25) is 0 Å². The van der Waals surface area contributed by atoms with Crippen LogP contribution in [0.1, 0.15) is 46.0 Å². The minimum atomic E-state index is -0.592. The summed E-state index contributed by atoms with van der Waals surface area (Å²) >= 11 is 0. The number of aliphatic carboxylic acids is 1. The van der Waals surface area contributed by atoms with Gasteiger partial charge in [-0.1, -0.05) is 13.8 Å². The molecule has 4 rings (SSSR count). The Morgan fingerprint density at radius 3 is 2.29 bits per heavy atom. The lowest BCUT2D eigenvalue weighted by Gasteiger charge is -2.65. The quantitative estimate of drug-likeness (QED) is 0.774. The Labute approximate surface area is 103 Å². The Balaban J connectivity index is 1.86. The zero-order valence-electron chi connectivity index (χ0n) is 10.8. The maximum Gasteiger partial charge on any atom is 0.310 e. The van der Waals surface area contributed by atoms with Gasteiger partial charge >= 0.3 is 5.97 Å². The molecule has 0 aromatic carbocycles. The van der Waals surface area contributed by atoms with Crippen molar-refractivity contribution in [2.24, 2.45) is 34.3 Å². The van der Waals surface area contributed by atoms with Crippen LogP contribution in [0.15, 0.2) is 0 Å². The fraction of sp³-hybridized carbons (Fsp3) is 0.929. The number of carboxylic acids is 1. The second-order valence-electron chi connectivity index (χ2n) is 7.17. The van der Waals surface area contributed by atoms with Gasteiger partial charge in [0.15, 0.2) is 0 Å². The molecule has 0 heterocycles. The fourth-order valence-electron chi connectivity index (χ4n) is 4.98. The van der Waals surface area contributed by atoms with E-state index in [1.54, 1.807) is 0 Å². The molecular weight excluding hydrogens is 214 g/mol. The first kappa shape index (κ1) is 11.5. The third-order valence-corrected chi connectivity index (χ3v) is 6.25. The zero-order chi connectivity index (χ0) is 12.4. The first-order valence-electron chi connectivity index (χ1n) is 6.87. The summed E-state index contributed by atoms with van der Waals surface area (Å²) in [5.74, 6) is 1.23. The topological polar surface area (TPSA) is 63.3 Å². The first-order chi connectivity index (χ1) is 7.88. The zero-order valence-corrected chi connectivity index (χ0v) is 10.8. The fourth-order valence-corrected chi connectivity index (χ4v) is 4.98. The Hall–Kier alpha value is -0.570. The van der Waals surface area contributed by atoms with Gasteiger partial charge in [-0.25, -0.2) is 0 Å². The second-order valence-corrected chi connectivity index (χ2v) is 7.17. The standard InChI is InChI=1S/C14H23NO2/c1-13(2)8-3-4-10(11(13)5-8)14(12(16)17)6-9(15)7-14/h8-11H,3-7,15H2,1-2H3,(H,16,17)/t8-,9?,10?,11-,14?/m0/s1. The van der Waals surface area contributed by atoms with E-state index in [-0.39, 0.29) is 6.04 Å². The molecule has 3 heteroatoms. The van der Waals surface area contributed by atoms with Crippen LogP contribution in [-0.4, -0.2) is 17.1 Å². The number of hydrogen-bond donors (Lipinski definition) is 2. The van der Waals surface area contributed by atoms with Crippen molar-refractivity contribution in [3.05, 3.63) is 0 Å². The highest BCUT2D eigenvalue weighted by Crippen LogP contribution is 2.67. The average Bonchev–Trinajstić information content (AvgIpc) is 2.23. The van der Waals surface area contributed by atoms with E-state index in [9.17, 15) is 9.90 Å². The highest BCUT2D eigenvalue weighted by Gasteiger charge is 2.64. The summed E-state index contributed by atoms with van der Waals surface area (Å²) in [5, 5.41) is 9.60. The Morgan fingerprint density at radius 2 is 1.88 bits per heavy atom. The molecule has 3 atom stereocenters. The Kier molecular flexibility index (Phi) is 2.20. The van der Waals surface area contributed by atoms with Crippen molar-refractivity contribution < 1.29 is 9.90 Å². The molecule has 0 aliphatic heterocycles. The van der Waals surface area contributed by atoms with E-state index in [0.717, 1.165) is 12.3 Å². The van der Waals surface area contributed by atoms with E-state index in [2.05, 4.69) is 13.8 Å². The number of fused-ring (bicyclic) bond motifs is 2. The van der Waals surface area contributed by atoms with Gasteiger partial charge in [-0.15, -0.1) is 0 Å². The number of carbonyl (C=O) groups is 1. The van der Waals surface area contributed by atoms with Gasteiger partial charge < -0.3 is 10.8 Å². The van der Waals surface area contributed by atoms with Crippen LogP contribution in [0.2, 0.25) is 0 Å². The molecule has 2 bridgehead atoms. The van der Waals surface area contributed by atoms with Crippen molar-refractivity contribution in [2.45, 2.75) is 52.0 Å². The second kappa shape index (κ2) is 3.25. The van der Waals surface area contributed by atoms with Crippen LogP contribution in [0.4, 0.5) is 0 Å². The van der Waals surface area contributed by atoms with Crippen molar-refractivity contribution in [1.82, 2.24) is 0 Å². The minimum Gasteiger partial charge on any atom is -0.481 e. The van der Waals surface area contributed by atoms with Crippen LogP contribution in [0.25, 0.3) is 0 Å². The van der Waals surface area contributed by atoms with E-state index in [1.807, 2.05) is 0 Å². The van der Waals surface area contributed by atoms with Crippen LogP contribution in [0.5, 0.6) is 0 Å². The molecule has 4 saturated carbocycles. The molecule has 0 aromatic rings. The summed E-state index contributed by atoms with van der Waals surface area (Å²) in [4.78, 5) is 11.7. The van der Waals surface area contributed by atoms with Crippen LogP contribution in [0.3, 0.4) is 0 Å². The molecule has 0 radical (unpaired) electrons. The third kappa shape index (κ3) is 1.29. The van der Waals surface area contributed by atoms with E-state index < -0.39 is 11.4 Å². The number of nitrogens with two attached hydrogens (primary N) is 1. The lowest BCUT2D eigenvalue weighted by molar-refractivity contribution is -0.191. The molecule has 4 aliphatic carbocycles. The van der Waals surface area contributed by atoms with Crippen molar-refractivity contribution >= 4 is 5.97 Å². The van der Waals surface area contributed by atoms with Crippen LogP contribution >= 0.6 is 0 Å². The van der Waals surface area contributed by atoms with Crippen LogP contribution in [0, 0.1) is 28.6 Å². The summed E-state index contributed by atoms with van der Waals surface area (Å²) in [6, 6.07) is 0.118. The maximum atomic E-state index is 11.7. The molecule has 3 N–H and O–H groups in total. The van der Waals surface area contributed by atoms with E-state index in [0.29, 0.717) is 30.1 Å². The number of hydrogen-bond acceptors (Lipinski definition) is 2. The summed E-state index contributed by atoms with van der Waals surface area (Å²) in [6.45, 7) is 4.65. The molecule has 1 unspecified atom stereocenters. The molecule has 0 aromatic heterocycles. The minimum absolute atomic E-state index is 0.118. The lowest BCUT2D eigenvalue weighted by atomic mass is 9.39. The monoisotopic (exact) mass is 237 g/mol. The average molecular weight is 237 g/mol. The molecular formula is C14H23NO2. The molecule has 3 nitrogen and oxygen atoms in total. The predicted octanol–water partition coefficient (Wildman–Crippen LogP) is 2.25. The van der Waals surface area contributed by atoms with Crippen molar-refractivity contribution in [2.75, 3.05) is 0 Å². The van der Waals surface area contributed by atoms with E-state index in [1.165, 1.54) is 12.8 Å². The molecule has 0 saturated heterocycles. The van der Waals surface area contributed by atoms with E-state index in [4.69, 9.17) is 5.73 Å². The largest absolute Gasteiger partial charge is 0.481 e. The van der Waals surface area contributed by atoms with Gasteiger partial charge in [-0.05, 0) is 55.3 Å². The predicted molar refractivity (Wildman–Crippen MR) is 65.4 cm³/mol. The van der Waals surface area contributed by atoms with Gasteiger partial charge in [0.05, 0.1) is 5.41 Å². The van der Waals surface area contributed by atoms with Gasteiger partial charge in [0.1, 0.15) is 0 Å². The normalized spacial score (nSPS) is 51.2. The number of rotatable bonds is 2. The molecule has 0 amide bonds. The smallest absolute Gasteiger partial charge is 0.310 e. The molecule has 0 spiro atoms. The SMILES string of the molecule is CC1(C)[C@H]2CCC(C3(C(=O)O)CC(N)C3)[C@@H]1C2. The van der Waals surface area contributed by atoms with E-state index >= 15 is 0 Å². The first-order valence-corrected chi connectivity index (χ1v) is 6.87. The van der Waals surface area contributed by atoms with Crippen molar-refractivity contribution in [3.63, 3.8) is 0 Å². The molecule has 4 fully saturated rings. The Bertz CT molecular complexity index is 355. The van der Waals surface area contributed by atoms with Gasteiger partial charge in [0.25, 0.3) is 0 Å². The van der Waals surface area contributed by atoms with Gasteiger partial charge in [0, 0.05) is 6.04 Å². The number of carboxylic acid groups (broad SMARTS) is 1. The summed E-state index contributed by atoms with van der Waals surface area (Å²) < 4.78 is 0.